The highest BCUT2D eigenvalue weighted by Gasteiger charge is 2.12. The summed E-state index contributed by atoms with van der Waals surface area (Å²) in [7, 11) is 0. The van der Waals surface area contributed by atoms with E-state index in [1.165, 1.54) is 0 Å². The number of ether oxygens (including phenoxy) is 1. The van der Waals surface area contributed by atoms with Crippen LogP contribution in [0.25, 0.3) is 0 Å². The van der Waals surface area contributed by atoms with Crippen molar-refractivity contribution in [1.82, 2.24) is 0 Å². The zero-order chi connectivity index (χ0) is 15.2. The first kappa shape index (κ1) is 15.7. The van der Waals surface area contributed by atoms with Crippen LogP contribution in [-0.4, -0.2) is 18.3 Å². The zero-order valence-electron chi connectivity index (χ0n) is 12.1. The lowest BCUT2D eigenvalue weighted by molar-refractivity contribution is 0.339. The molecular formula is C17H20ClNO2. The SMILES string of the molecule is CCOc1cccc(C(CN)Cc2ccc(O)c(Cl)c2)c1. The third-order valence-corrected chi connectivity index (χ3v) is 3.72. The van der Waals surface area contributed by atoms with Gasteiger partial charge in [0.2, 0.25) is 0 Å². The molecule has 2 rings (SSSR count). The number of phenolic OH excluding ortho intramolecular Hbond substituents is 1. The van der Waals surface area contributed by atoms with E-state index in [0.717, 1.165) is 23.3 Å². The van der Waals surface area contributed by atoms with Crippen LogP contribution in [-0.2, 0) is 6.42 Å². The van der Waals surface area contributed by atoms with Gasteiger partial charge in [-0.1, -0.05) is 29.8 Å². The van der Waals surface area contributed by atoms with Crippen molar-refractivity contribution in [3.05, 3.63) is 58.6 Å². The maximum atomic E-state index is 9.47. The van der Waals surface area contributed by atoms with Crippen molar-refractivity contribution in [3.8, 4) is 11.5 Å². The van der Waals surface area contributed by atoms with Crippen molar-refractivity contribution >= 4 is 11.6 Å². The van der Waals surface area contributed by atoms with Gasteiger partial charge in [0, 0.05) is 5.92 Å². The Morgan fingerprint density at radius 2 is 2.05 bits per heavy atom. The molecule has 0 aromatic heterocycles. The molecule has 21 heavy (non-hydrogen) atoms. The fraction of sp³-hybridized carbons (Fsp3) is 0.294. The fourth-order valence-corrected chi connectivity index (χ4v) is 2.53. The Labute approximate surface area is 130 Å². The first-order valence-corrected chi connectivity index (χ1v) is 7.42. The van der Waals surface area contributed by atoms with E-state index in [2.05, 4.69) is 6.07 Å². The summed E-state index contributed by atoms with van der Waals surface area (Å²) in [5.41, 5.74) is 8.12. The van der Waals surface area contributed by atoms with Crippen molar-refractivity contribution in [1.29, 1.82) is 0 Å². The largest absolute Gasteiger partial charge is 0.506 e. The van der Waals surface area contributed by atoms with Crippen LogP contribution >= 0.6 is 11.6 Å². The van der Waals surface area contributed by atoms with Gasteiger partial charge in [0.15, 0.2) is 0 Å². The smallest absolute Gasteiger partial charge is 0.134 e. The van der Waals surface area contributed by atoms with Crippen LogP contribution in [0.5, 0.6) is 11.5 Å². The Morgan fingerprint density at radius 3 is 2.71 bits per heavy atom. The van der Waals surface area contributed by atoms with E-state index in [1.807, 2.05) is 31.2 Å². The van der Waals surface area contributed by atoms with E-state index >= 15 is 0 Å². The monoisotopic (exact) mass is 305 g/mol. The van der Waals surface area contributed by atoms with Crippen molar-refractivity contribution in [3.63, 3.8) is 0 Å². The van der Waals surface area contributed by atoms with Gasteiger partial charge in [0.25, 0.3) is 0 Å². The average molecular weight is 306 g/mol. The zero-order valence-corrected chi connectivity index (χ0v) is 12.8. The number of benzene rings is 2. The Hall–Kier alpha value is -1.71. The van der Waals surface area contributed by atoms with Crippen LogP contribution in [0.1, 0.15) is 24.0 Å². The van der Waals surface area contributed by atoms with E-state index in [1.54, 1.807) is 12.1 Å². The molecule has 0 amide bonds. The van der Waals surface area contributed by atoms with Gasteiger partial charge in [0.05, 0.1) is 11.6 Å². The minimum Gasteiger partial charge on any atom is -0.506 e. The maximum Gasteiger partial charge on any atom is 0.134 e. The summed E-state index contributed by atoms with van der Waals surface area (Å²) in [6.45, 7) is 3.14. The number of rotatable bonds is 6. The van der Waals surface area contributed by atoms with E-state index in [4.69, 9.17) is 22.1 Å². The lowest BCUT2D eigenvalue weighted by Gasteiger charge is -2.17. The number of hydrogen-bond donors (Lipinski definition) is 2. The highest BCUT2D eigenvalue weighted by molar-refractivity contribution is 6.32. The highest BCUT2D eigenvalue weighted by Crippen LogP contribution is 2.28. The number of aromatic hydroxyl groups is 1. The molecule has 0 aliphatic rings. The molecule has 4 heteroatoms. The van der Waals surface area contributed by atoms with E-state index in [0.29, 0.717) is 18.2 Å². The Balaban J connectivity index is 2.19. The van der Waals surface area contributed by atoms with Crippen molar-refractivity contribution < 1.29 is 9.84 Å². The van der Waals surface area contributed by atoms with Crippen LogP contribution in [0.2, 0.25) is 5.02 Å². The summed E-state index contributed by atoms with van der Waals surface area (Å²) in [4.78, 5) is 0. The summed E-state index contributed by atoms with van der Waals surface area (Å²) < 4.78 is 5.53. The molecule has 0 aliphatic heterocycles. The number of hydrogen-bond acceptors (Lipinski definition) is 3. The first-order valence-electron chi connectivity index (χ1n) is 7.04. The molecule has 0 saturated heterocycles. The molecule has 0 saturated carbocycles. The van der Waals surface area contributed by atoms with Gasteiger partial charge >= 0.3 is 0 Å². The van der Waals surface area contributed by atoms with Crippen LogP contribution < -0.4 is 10.5 Å². The molecule has 0 radical (unpaired) electrons. The summed E-state index contributed by atoms with van der Waals surface area (Å²) >= 11 is 5.95. The number of phenols is 1. The van der Waals surface area contributed by atoms with Crippen molar-refractivity contribution in [2.75, 3.05) is 13.2 Å². The topological polar surface area (TPSA) is 55.5 Å². The molecular weight excluding hydrogens is 286 g/mol. The van der Waals surface area contributed by atoms with Crippen LogP contribution in [0, 0.1) is 0 Å². The molecule has 3 N–H and O–H groups in total. The summed E-state index contributed by atoms with van der Waals surface area (Å²) in [5, 5.41) is 9.84. The summed E-state index contributed by atoms with van der Waals surface area (Å²) in [6, 6.07) is 13.3. The molecule has 3 nitrogen and oxygen atoms in total. The fourth-order valence-electron chi connectivity index (χ4n) is 2.32. The molecule has 0 spiro atoms. The normalized spacial score (nSPS) is 12.1. The van der Waals surface area contributed by atoms with Gasteiger partial charge in [0.1, 0.15) is 11.5 Å². The molecule has 0 fully saturated rings. The van der Waals surface area contributed by atoms with Crippen molar-refractivity contribution in [2.24, 2.45) is 5.73 Å². The quantitative estimate of drug-likeness (QED) is 0.855. The van der Waals surface area contributed by atoms with Gasteiger partial charge in [-0.05, 0) is 55.3 Å². The van der Waals surface area contributed by atoms with Crippen LogP contribution in [0.4, 0.5) is 0 Å². The van der Waals surface area contributed by atoms with Crippen LogP contribution in [0.15, 0.2) is 42.5 Å². The minimum absolute atomic E-state index is 0.100. The third-order valence-electron chi connectivity index (χ3n) is 3.42. The maximum absolute atomic E-state index is 9.47. The number of halogens is 1. The Morgan fingerprint density at radius 1 is 1.24 bits per heavy atom. The van der Waals surface area contributed by atoms with Gasteiger partial charge in [-0.15, -0.1) is 0 Å². The van der Waals surface area contributed by atoms with Crippen molar-refractivity contribution in [2.45, 2.75) is 19.3 Å². The molecule has 2 aromatic rings. The number of nitrogens with two attached hydrogens (primary N) is 1. The highest BCUT2D eigenvalue weighted by atomic mass is 35.5. The predicted octanol–water partition coefficient (Wildman–Crippen LogP) is 3.73. The van der Waals surface area contributed by atoms with Gasteiger partial charge < -0.3 is 15.6 Å². The Bertz CT molecular complexity index is 601. The Kier molecular flexibility index (Phi) is 5.48. The van der Waals surface area contributed by atoms with Crippen LogP contribution in [0.3, 0.4) is 0 Å². The molecule has 1 atom stereocenters. The van der Waals surface area contributed by atoms with Gasteiger partial charge in [-0.25, -0.2) is 0 Å². The molecule has 0 bridgehead atoms. The van der Waals surface area contributed by atoms with Gasteiger partial charge in [-0.2, -0.15) is 0 Å². The molecule has 112 valence electrons. The lowest BCUT2D eigenvalue weighted by atomic mass is 9.92. The standard InChI is InChI=1S/C17H20ClNO2/c1-2-21-15-5-3-4-13(10-15)14(11-19)8-12-6-7-17(20)16(18)9-12/h3-7,9-10,14,20H,2,8,11,19H2,1H3. The van der Waals surface area contributed by atoms with E-state index in [9.17, 15) is 5.11 Å². The summed E-state index contributed by atoms with van der Waals surface area (Å²) in [5.74, 6) is 1.14. The first-order chi connectivity index (χ1) is 10.1. The minimum atomic E-state index is 0.100. The second-order valence-corrected chi connectivity index (χ2v) is 5.34. The molecule has 0 heterocycles. The average Bonchev–Trinajstić information content (AvgIpc) is 2.49. The second-order valence-electron chi connectivity index (χ2n) is 4.93. The molecule has 2 aromatic carbocycles. The molecule has 1 unspecified atom stereocenters. The third kappa shape index (κ3) is 4.13. The second kappa shape index (κ2) is 7.34. The van der Waals surface area contributed by atoms with E-state index in [-0.39, 0.29) is 11.7 Å². The summed E-state index contributed by atoms with van der Waals surface area (Å²) in [6.07, 6.45) is 0.770. The van der Waals surface area contributed by atoms with Gasteiger partial charge in [-0.3, -0.25) is 0 Å². The molecule has 0 aliphatic carbocycles. The lowest BCUT2D eigenvalue weighted by Crippen LogP contribution is -2.15. The predicted molar refractivity (Wildman–Crippen MR) is 86.2 cm³/mol. The van der Waals surface area contributed by atoms with E-state index < -0.39 is 0 Å².